The van der Waals surface area contributed by atoms with Gasteiger partial charge in [0.05, 0.1) is 39.4 Å². The van der Waals surface area contributed by atoms with Crippen molar-refractivity contribution in [2.45, 2.75) is 63.2 Å². The molecule has 11 heteroatoms. The zero-order chi connectivity index (χ0) is 34.8. The lowest BCUT2D eigenvalue weighted by Gasteiger charge is -2.34. The molecule has 1 fully saturated rings. The molecule has 10 nitrogen and oxygen atoms in total. The van der Waals surface area contributed by atoms with Crippen LogP contribution in [-0.2, 0) is 50.1 Å². The molecular weight excluding hydrogens is 649 g/mol. The van der Waals surface area contributed by atoms with Crippen LogP contribution in [0.25, 0.3) is 11.2 Å². The normalized spacial score (nSPS) is 22.1. The van der Waals surface area contributed by atoms with Gasteiger partial charge in [-0.1, -0.05) is 121 Å². The predicted octanol–water partition coefficient (Wildman–Crippen LogP) is 6.62. The van der Waals surface area contributed by atoms with E-state index in [1.165, 1.54) is 17.2 Å². The molecule has 2 aromatic heterocycles. The average molecular weight is 690 g/mol. The van der Waals surface area contributed by atoms with Crippen molar-refractivity contribution >= 4 is 17.0 Å². The fraction of sp³-hybridized carbons (Fsp3) is 0.275. The van der Waals surface area contributed by atoms with Crippen molar-refractivity contribution in [1.82, 2.24) is 19.5 Å². The molecular formula is C40H40FN5O5. The van der Waals surface area contributed by atoms with Gasteiger partial charge in [-0.05, 0) is 22.3 Å². The van der Waals surface area contributed by atoms with E-state index in [9.17, 15) is 0 Å². The predicted molar refractivity (Wildman–Crippen MR) is 190 cm³/mol. The Morgan fingerprint density at radius 2 is 1.10 bits per heavy atom. The van der Waals surface area contributed by atoms with E-state index in [4.69, 9.17) is 29.4 Å². The first-order chi connectivity index (χ1) is 25.1. The van der Waals surface area contributed by atoms with Crippen molar-refractivity contribution in [2.24, 2.45) is 0 Å². The molecule has 1 aliphatic rings. The molecule has 6 aromatic rings. The molecule has 0 unspecified atom stereocenters. The van der Waals surface area contributed by atoms with Gasteiger partial charge in [-0.15, -0.1) is 0 Å². The standard InChI is InChI=1S/C40H40FN5O5/c41-33-36(49-23-30-17-9-3-10-18-30)37(50-24-31-19-11-4-12-20-31)35(48-22-29-15-7-2-8-16-29)32(25-47-21-28-13-5-1-6-14-28)51-40(33)46-27-45-34-38(42)43-26-44-39(34)46/h1-20,26-27,32-33,35-37,40H,21-25H2,(H2,42,43,44)/t32-,33+,35+,36+,37+,40-/m1/s1. The van der Waals surface area contributed by atoms with E-state index in [1.807, 2.05) is 121 Å². The van der Waals surface area contributed by atoms with Crippen LogP contribution in [0.3, 0.4) is 0 Å². The smallest absolute Gasteiger partial charge is 0.174 e. The van der Waals surface area contributed by atoms with Crippen molar-refractivity contribution < 1.29 is 28.1 Å². The minimum absolute atomic E-state index is 0.0674. The second-order valence-electron chi connectivity index (χ2n) is 12.4. The van der Waals surface area contributed by atoms with E-state index >= 15 is 4.39 Å². The van der Waals surface area contributed by atoms with Crippen molar-refractivity contribution in [3.05, 3.63) is 156 Å². The summed E-state index contributed by atoms with van der Waals surface area (Å²) in [5, 5.41) is 0. The highest BCUT2D eigenvalue weighted by Crippen LogP contribution is 2.37. The summed E-state index contributed by atoms with van der Waals surface area (Å²) in [5.41, 5.74) is 10.5. The number of fused-ring (bicyclic) bond motifs is 1. The topological polar surface area (TPSA) is 116 Å². The number of alkyl halides is 1. The molecule has 0 radical (unpaired) electrons. The Bertz CT molecular complexity index is 1940. The maximum Gasteiger partial charge on any atom is 0.174 e. The third-order valence-corrected chi connectivity index (χ3v) is 8.83. The summed E-state index contributed by atoms with van der Waals surface area (Å²) in [6, 6.07) is 39.0. The number of hydrogen-bond acceptors (Lipinski definition) is 9. The highest BCUT2D eigenvalue weighted by Gasteiger charge is 2.50. The molecule has 3 heterocycles. The first-order valence-electron chi connectivity index (χ1n) is 16.9. The highest BCUT2D eigenvalue weighted by atomic mass is 19.1. The van der Waals surface area contributed by atoms with Gasteiger partial charge < -0.3 is 29.4 Å². The summed E-state index contributed by atoms with van der Waals surface area (Å²) in [6.45, 7) is 0.924. The Labute approximate surface area is 296 Å². The van der Waals surface area contributed by atoms with E-state index in [-0.39, 0.29) is 32.2 Å². The monoisotopic (exact) mass is 689 g/mol. The molecule has 7 rings (SSSR count). The number of nitrogen functional groups attached to an aromatic ring is 1. The molecule has 2 N–H and O–H groups in total. The third kappa shape index (κ3) is 8.47. The van der Waals surface area contributed by atoms with Gasteiger partial charge in [0.1, 0.15) is 36.3 Å². The zero-order valence-electron chi connectivity index (χ0n) is 28.0. The van der Waals surface area contributed by atoms with Gasteiger partial charge >= 0.3 is 0 Å². The van der Waals surface area contributed by atoms with Gasteiger partial charge in [0.2, 0.25) is 0 Å². The number of rotatable bonds is 14. The summed E-state index contributed by atoms with van der Waals surface area (Å²) in [7, 11) is 0. The number of anilines is 1. The molecule has 0 saturated carbocycles. The SMILES string of the molecule is Nc1ncnc2c1ncn2[C@@H]1O[C@H](COCc2ccccc2)[C@H](OCc2ccccc2)[C@H](OCc2ccccc2)[C@@H](OCc2ccccc2)[C@@H]1F. The highest BCUT2D eigenvalue weighted by molar-refractivity contribution is 5.81. The maximum atomic E-state index is 17.6. The van der Waals surface area contributed by atoms with Crippen molar-refractivity contribution in [3.8, 4) is 0 Å². The lowest BCUT2D eigenvalue weighted by molar-refractivity contribution is -0.184. The molecule has 0 bridgehead atoms. The van der Waals surface area contributed by atoms with Crippen LogP contribution < -0.4 is 5.73 Å². The van der Waals surface area contributed by atoms with Crippen LogP contribution in [0, 0.1) is 0 Å². The second-order valence-corrected chi connectivity index (χ2v) is 12.4. The molecule has 6 atom stereocenters. The Balaban J connectivity index is 1.29. The molecule has 0 amide bonds. The Morgan fingerprint density at radius 1 is 0.608 bits per heavy atom. The van der Waals surface area contributed by atoms with E-state index < -0.39 is 36.8 Å². The quantitative estimate of drug-likeness (QED) is 0.135. The van der Waals surface area contributed by atoms with Crippen LogP contribution in [0.4, 0.5) is 10.2 Å². The minimum Gasteiger partial charge on any atom is -0.382 e. The second kappa shape index (κ2) is 16.8. The number of benzene rings is 4. The Kier molecular flexibility index (Phi) is 11.3. The van der Waals surface area contributed by atoms with Crippen LogP contribution in [0.1, 0.15) is 28.5 Å². The van der Waals surface area contributed by atoms with E-state index in [0.717, 1.165) is 22.3 Å². The van der Waals surface area contributed by atoms with Crippen LogP contribution >= 0.6 is 0 Å². The van der Waals surface area contributed by atoms with Gasteiger partial charge in [0, 0.05) is 0 Å². The van der Waals surface area contributed by atoms with Crippen LogP contribution in [-0.4, -0.2) is 56.7 Å². The van der Waals surface area contributed by atoms with E-state index in [2.05, 4.69) is 15.0 Å². The van der Waals surface area contributed by atoms with Crippen molar-refractivity contribution in [1.29, 1.82) is 0 Å². The Hall–Kier alpha value is -5.04. The van der Waals surface area contributed by atoms with Gasteiger partial charge in [0.25, 0.3) is 0 Å². The number of nitrogens with two attached hydrogens (primary N) is 1. The molecule has 4 aromatic carbocycles. The summed E-state index contributed by atoms with van der Waals surface area (Å²) in [4.78, 5) is 12.9. The van der Waals surface area contributed by atoms with Gasteiger partial charge in [0.15, 0.2) is 23.9 Å². The number of ether oxygens (including phenoxy) is 5. The van der Waals surface area contributed by atoms with Crippen molar-refractivity contribution in [3.63, 3.8) is 0 Å². The van der Waals surface area contributed by atoms with Crippen LogP contribution in [0.5, 0.6) is 0 Å². The summed E-state index contributed by atoms with van der Waals surface area (Å²) in [5.74, 6) is 0.176. The first kappa shape index (κ1) is 34.4. The largest absolute Gasteiger partial charge is 0.382 e. The number of imidazole rings is 1. The van der Waals surface area contributed by atoms with Gasteiger partial charge in [-0.25, -0.2) is 19.3 Å². The number of halogens is 1. The number of aromatic nitrogens is 4. The minimum atomic E-state index is -1.77. The Morgan fingerprint density at radius 3 is 1.65 bits per heavy atom. The first-order valence-corrected chi connectivity index (χ1v) is 16.9. The third-order valence-electron chi connectivity index (χ3n) is 8.83. The van der Waals surface area contributed by atoms with Crippen LogP contribution in [0.15, 0.2) is 134 Å². The molecule has 0 aliphatic carbocycles. The fourth-order valence-electron chi connectivity index (χ4n) is 6.23. The van der Waals surface area contributed by atoms with E-state index in [0.29, 0.717) is 17.8 Å². The lowest BCUT2D eigenvalue weighted by atomic mass is 9.99. The molecule has 0 spiro atoms. The van der Waals surface area contributed by atoms with Crippen molar-refractivity contribution in [2.75, 3.05) is 12.3 Å². The molecule has 1 aliphatic heterocycles. The average Bonchev–Trinajstić information content (AvgIpc) is 3.58. The summed E-state index contributed by atoms with van der Waals surface area (Å²) < 4.78 is 52.1. The van der Waals surface area contributed by atoms with Gasteiger partial charge in [-0.2, -0.15) is 0 Å². The maximum absolute atomic E-state index is 17.6. The number of hydrogen-bond donors (Lipinski definition) is 1. The fourth-order valence-corrected chi connectivity index (χ4v) is 6.23. The van der Waals surface area contributed by atoms with E-state index in [1.54, 1.807) is 0 Å². The zero-order valence-corrected chi connectivity index (χ0v) is 28.0. The summed E-state index contributed by atoms with van der Waals surface area (Å²) in [6.07, 6.45) is -3.98. The molecule has 1 saturated heterocycles. The number of nitrogens with zero attached hydrogens (tertiary/aromatic N) is 4. The molecule has 262 valence electrons. The molecule has 51 heavy (non-hydrogen) atoms. The lowest BCUT2D eigenvalue weighted by Crippen LogP contribution is -2.50. The summed E-state index contributed by atoms with van der Waals surface area (Å²) >= 11 is 0. The van der Waals surface area contributed by atoms with Gasteiger partial charge in [-0.3, -0.25) is 4.57 Å². The van der Waals surface area contributed by atoms with Crippen LogP contribution in [0.2, 0.25) is 0 Å².